The van der Waals surface area contributed by atoms with Gasteiger partial charge in [-0.25, -0.2) is 0 Å². The van der Waals surface area contributed by atoms with Gasteiger partial charge in [0.1, 0.15) is 0 Å². The molecular formula is C17H23ClN2. The molecule has 1 aromatic heterocycles. The summed E-state index contributed by atoms with van der Waals surface area (Å²) in [7, 11) is 0. The highest BCUT2D eigenvalue weighted by molar-refractivity contribution is 6.18. The van der Waals surface area contributed by atoms with Crippen LogP contribution in [0.4, 0.5) is 0 Å². The van der Waals surface area contributed by atoms with Gasteiger partial charge in [0, 0.05) is 18.1 Å². The number of nitrogens with zero attached hydrogens (tertiary/aromatic N) is 2. The summed E-state index contributed by atoms with van der Waals surface area (Å²) < 4.78 is 2.06. The molecule has 0 spiro atoms. The summed E-state index contributed by atoms with van der Waals surface area (Å²) in [6.45, 7) is 4.38. The predicted molar refractivity (Wildman–Crippen MR) is 85.3 cm³/mol. The Morgan fingerprint density at radius 2 is 1.90 bits per heavy atom. The molecule has 0 saturated carbocycles. The van der Waals surface area contributed by atoms with Crippen molar-refractivity contribution in [1.29, 1.82) is 0 Å². The van der Waals surface area contributed by atoms with Gasteiger partial charge in [-0.2, -0.15) is 5.10 Å². The Kier molecular flexibility index (Phi) is 5.66. The second kappa shape index (κ2) is 7.49. The van der Waals surface area contributed by atoms with Crippen molar-refractivity contribution in [3.05, 3.63) is 53.9 Å². The molecule has 0 aliphatic carbocycles. The van der Waals surface area contributed by atoms with E-state index in [1.165, 1.54) is 5.56 Å². The number of rotatable bonds is 7. The highest BCUT2D eigenvalue weighted by atomic mass is 35.5. The number of hydrogen-bond donors (Lipinski definition) is 0. The molecule has 2 aromatic rings. The average molecular weight is 291 g/mol. The maximum Gasteiger partial charge on any atom is 0.0628 e. The minimum absolute atomic E-state index is 0.444. The van der Waals surface area contributed by atoms with Gasteiger partial charge in [-0.05, 0) is 43.7 Å². The summed E-state index contributed by atoms with van der Waals surface area (Å²) in [4.78, 5) is 0. The zero-order valence-electron chi connectivity index (χ0n) is 12.3. The van der Waals surface area contributed by atoms with Gasteiger partial charge < -0.3 is 0 Å². The molecule has 0 amide bonds. The van der Waals surface area contributed by atoms with E-state index in [0.29, 0.717) is 17.8 Å². The Morgan fingerprint density at radius 3 is 2.55 bits per heavy atom. The number of benzene rings is 1. The third-order valence-electron chi connectivity index (χ3n) is 3.79. The van der Waals surface area contributed by atoms with Gasteiger partial charge in [0.15, 0.2) is 0 Å². The molecule has 0 fully saturated rings. The van der Waals surface area contributed by atoms with Crippen LogP contribution in [-0.2, 0) is 12.8 Å². The number of alkyl halides is 1. The lowest BCUT2D eigenvalue weighted by atomic mass is 9.96. The van der Waals surface area contributed by atoms with E-state index in [-0.39, 0.29) is 0 Å². The standard InChI is InChI=1S/C17H23ClN2/c1-3-14(2)20-10-9-17(19-20)12-16(13-18)11-15-7-5-4-6-8-15/h4-10,14,16H,3,11-13H2,1-2H3. The summed E-state index contributed by atoms with van der Waals surface area (Å²) in [6.07, 6.45) is 5.14. The first-order chi connectivity index (χ1) is 9.72. The lowest BCUT2D eigenvalue weighted by Crippen LogP contribution is -2.11. The van der Waals surface area contributed by atoms with Crippen LogP contribution < -0.4 is 0 Å². The first kappa shape index (κ1) is 15.1. The monoisotopic (exact) mass is 290 g/mol. The molecule has 0 saturated heterocycles. The van der Waals surface area contributed by atoms with E-state index in [1.54, 1.807) is 0 Å². The van der Waals surface area contributed by atoms with Crippen LogP contribution in [0.2, 0.25) is 0 Å². The van der Waals surface area contributed by atoms with Gasteiger partial charge in [0.2, 0.25) is 0 Å². The fourth-order valence-electron chi connectivity index (χ4n) is 2.34. The van der Waals surface area contributed by atoms with Crippen molar-refractivity contribution in [2.24, 2.45) is 5.92 Å². The molecule has 0 N–H and O–H groups in total. The van der Waals surface area contributed by atoms with Crippen LogP contribution in [-0.4, -0.2) is 15.7 Å². The summed E-state index contributed by atoms with van der Waals surface area (Å²) in [5.41, 5.74) is 2.49. The SMILES string of the molecule is CCC(C)n1ccc(CC(CCl)Cc2ccccc2)n1. The summed E-state index contributed by atoms with van der Waals surface area (Å²) >= 11 is 6.13. The van der Waals surface area contributed by atoms with Gasteiger partial charge in [-0.3, -0.25) is 4.68 Å². The first-order valence-corrected chi connectivity index (χ1v) is 7.90. The fraction of sp³-hybridized carbons (Fsp3) is 0.471. The zero-order chi connectivity index (χ0) is 14.4. The van der Waals surface area contributed by atoms with Crippen LogP contribution in [0.1, 0.15) is 37.6 Å². The van der Waals surface area contributed by atoms with E-state index >= 15 is 0 Å². The van der Waals surface area contributed by atoms with Crippen LogP contribution in [0.3, 0.4) is 0 Å². The summed E-state index contributed by atoms with van der Waals surface area (Å²) in [5.74, 6) is 1.12. The maximum atomic E-state index is 6.13. The molecule has 0 radical (unpaired) electrons. The smallest absolute Gasteiger partial charge is 0.0628 e. The molecule has 3 heteroatoms. The highest BCUT2D eigenvalue weighted by Crippen LogP contribution is 2.17. The van der Waals surface area contributed by atoms with Gasteiger partial charge in [-0.15, -0.1) is 11.6 Å². The van der Waals surface area contributed by atoms with Crippen molar-refractivity contribution in [2.75, 3.05) is 5.88 Å². The molecular weight excluding hydrogens is 268 g/mol. The molecule has 0 aliphatic rings. The maximum absolute atomic E-state index is 6.13. The molecule has 108 valence electrons. The quantitative estimate of drug-likeness (QED) is 0.687. The van der Waals surface area contributed by atoms with E-state index in [2.05, 4.69) is 60.2 Å². The Labute approximate surface area is 126 Å². The van der Waals surface area contributed by atoms with Crippen molar-refractivity contribution < 1.29 is 0 Å². The zero-order valence-corrected chi connectivity index (χ0v) is 13.1. The van der Waals surface area contributed by atoms with Crippen LogP contribution in [0.25, 0.3) is 0 Å². The topological polar surface area (TPSA) is 17.8 Å². The lowest BCUT2D eigenvalue weighted by molar-refractivity contribution is 0.468. The lowest BCUT2D eigenvalue weighted by Gasteiger charge is -2.13. The van der Waals surface area contributed by atoms with Crippen molar-refractivity contribution >= 4 is 11.6 Å². The van der Waals surface area contributed by atoms with E-state index in [4.69, 9.17) is 11.6 Å². The fourth-order valence-corrected chi connectivity index (χ4v) is 2.56. The van der Waals surface area contributed by atoms with E-state index < -0.39 is 0 Å². The number of aromatic nitrogens is 2. The highest BCUT2D eigenvalue weighted by Gasteiger charge is 2.12. The number of halogens is 1. The van der Waals surface area contributed by atoms with Crippen LogP contribution >= 0.6 is 11.6 Å². The summed E-state index contributed by atoms with van der Waals surface area (Å²) in [5, 5.41) is 4.67. The molecule has 1 aromatic carbocycles. The minimum atomic E-state index is 0.444. The molecule has 0 aliphatic heterocycles. The van der Waals surface area contributed by atoms with Crippen LogP contribution in [0, 0.1) is 5.92 Å². The molecule has 20 heavy (non-hydrogen) atoms. The Hall–Kier alpha value is -1.28. The van der Waals surface area contributed by atoms with Crippen molar-refractivity contribution in [3.8, 4) is 0 Å². The van der Waals surface area contributed by atoms with Gasteiger partial charge >= 0.3 is 0 Å². The van der Waals surface area contributed by atoms with E-state index in [9.17, 15) is 0 Å². The van der Waals surface area contributed by atoms with E-state index in [0.717, 1.165) is 25.0 Å². The van der Waals surface area contributed by atoms with Gasteiger partial charge in [0.25, 0.3) is 0 Å². The first-order valence-electron chi connectivity index (χ1n) is 7.36. The largest absolute Gasteiger partial charge is 0.270 e. The van der Waals surface area contributed by atoms with Gasteiger partial charge in [0.05, 0.1) is 5.69 Å². The molecule has 2 nitrogen and oxygen atoms in total. The Balaban J connectivity index is 1.98. The van der Waals surface area contributed by atoms with Crippen LogP contribution in [0.5, 0.6) is 0 Å². The Bertz CT molecular complexity index is 507. The minimum Gasteiger partial charge on any atom is -0.270 e. The van der Waals surface area contributed by atoms with Crippen LogP contribution in [0.15, 0.2) is 42.6 Å². The molecule has 1 heterocycles. The van der Waals surface area contributed by atoms with E-state index in [1.807, 2.05) is 6.07 Å². The second-order valence-electron chi connectivity index (χ2n) is 5.46. The summed E-state index contributed by atoms with van der Waals surface area (Å²) in [6, 6.07) is 13.1. The molecule has 2 atom stereocenters. The molecule has 2 rings (SSSR count). The average Bonchev–Trinajstić information content (AvgIpc) is 2.95. The van der Waals surface area contributed by atoms with Crippen molar-refractivity contribution in [3.63, 3.8) is 0 Å². The molecule has 2 unspecified atom stereocenters. The van der Waals surface area contributed by atoms with Crippen molar-refractivity contribution in [1.82, 2.24) is 9.78 Å². The predicted octanol–water partition coefficient (Wildman–Crippen LogP) is 4.49. The third-order valence-corrected chi connectivity index (χ3v) is 4.23. The normalized spacial score (nSPS) is 14.2. The molecule has 0 bridgehead atoms. The third kappa shape index (κ3) is 4.11. The Morgan fingerprint density at radius 1 is 1.15 bits per heavy atom. The van der Waals surface area contributed by atoms with Crippen molar-refractivity contribution in [2.45, 2.75) is 39.2 Å². The number of hydrogen-bond acceptors (Lipinski definition) is 1. The van der Waals surface area contributed by atoms with Gasteiger partial charge in [-0.1, -0.05) is 37.3 Å². The second-order valence-corrected chi connectivity index (χ2v) is 5.77.